The normalized spacial score (nSPS) is 11.2. The maximum atomic E-state index is 12.7. The van der Waals surface area contributed by atoms with Gasteiger partial charge in [0.25, 0.3) is 5.56 Å². The minimum atomic E-state index is -0.00142. The Hall–Kier alpha value is -2.08. The van der Waals surface area contributed by atoms with Gasteiger partial charge >= 0.3 is 0 Å². The lowest BCUT2D eigenvalue weighted by Gasteiger charge is -2.07. The predicted octanol–water partition coefficient (Wildman–Crippen LogP) is 2.80. The van der Waals surface area contributed by atoms with Crippen LogP contribution in [0.15, 0.2) is 16.9 Å². The number of hydrogen-bond donors (Lipinski definition) is 0. The Morgan fingerprint density at radius 1 is 1.24 bits per heavy atom. The Bertz CT molecular complexity index is 895. The van der Waals surface area contributed by atoms with Crippen molar-refractivity contribution in [1.82, 2.24) is 9.38 Å². The molecule has 3 rings (SSSR count). The number of nitrogens with zero attached hydrogens (tertiary/aromatic N) is 2. The van der Waals surface area contributed by atoms with Crippen LogP contribution in [-0.2, 0) is 6.42 Å². The molecule has 110 valence electrons. The quantitative estimate of drug-likeness (QED) is 0.746. The minimum Gasteiger partial charge on any atom is -0.493 e. The van der Waals surface area contributed by atoms with Gasteiger partial charge in [0.2, 0.25) is 0 Å². The van der Waals surface area contributed by atoms with Crippen LogP contribution in [0.25, 0.3) is 16.0 Å². The number of aryl methyl sites for hydroxylation is 1. The van der Waals surface area contributed by atoms with E-state index < -0.39 is 0 Å². The molecule has 0 fully saturated rings. The van der Waals surface area contributed by atoms with E-state index in [2.05, 4.69) is 4.98 Å². The first-order valence-electron chi connectivity index (χ1n) is 6.67. The molecule has 0 aliphatic carbocycles. The Balaban J connectivity index is 2.48. The summed E-state index contributed by atoms with van der Waals surface area (Å²) in [5, 5.41) is 0. The van der Waals surface area contributed by atoms with E-state index in [9.17, 15) is 4.79 Å². The minimum absolute atomic E-state index is 0.00142. The van der Waals surface area contributed by atoms with Crippen molar-refractivity contribution in [2.75, 3.05) is 14.2 Å². The van der Waals surface area contributed by atoms with Crippen molar-refractivity contribution >= 4 is 27.3 Å². The van der Waals surface area contributed by atoms with E-state index in [-0.39, 0.29) is 5.56 Å². The lowest BCUT2D eigenvalue weighted by atomic mass is 10.2. The average molecular weight is 304 g/mol. The highest BCUT2D eigenvalue weighted by Crippen LogP contribution is 2.32. The standard InChI is InChI=1S/C15H16N2O3S/c1-5-9-8(2)21-15-16-10-6-12(19-3)13(20-4)7-11(10)17(15)14(9)18/h6-7H,5H2,1-4H3. The third-order valence-electron chi connectivity index (χ3n) is 3.61. The van der Waals surface area contributed by atoms with Crippen molar-refractivity contribution in [2.24, 2.45) is 0 Å². The molecule has 0 radical (unpaired) electrons. The third kappa shape index (κ3) is 1.98. The van der Waals surface area contributed by atoms with Gasteiger partial charge in [0.15, 0.2) is 16.5 Å². The molecule has 0 bridgehead atoms. The molecule has 0 N–H and O–H groups in total. The molecule has 0 spiro atoms. The van der Waals surface area contributed by atoms with Gasteiger partial charge in [0.1, 0.15) is 0 Å². The molecule has 0 unspecified atom stereocenters. The fraction of sp³-hybridized carbons (Fsp3) is 0.333. The van der Waals surface area contributed by atoms with Gasteiger partial charge in [-0.1, -0.05) is 6.92 Å². The fourth-order valence-electron chi connectivity index (χ4n) is 2.53. The molecule has 0 aliphatic rings. The summed E-state index contributed by atoms with van der Waals surface area (Å²) >= 11 is 1.53. The molecule has 0 atom stereocenters. The number of rotatable bonds is 3. The van der Waals surface area contributed by atoms with Crippen molar-refractivity contribution in [3.63, 3.8) is 0 Å². The van der Waals surface area contributed by atoms with Gasteiger partial charge in [-0.05, 0) is 13.3 Å². The van der Waals surface area contributed by atoms with E-state index in [1.807, 2.05) is 13.8 Å². The number of fused-ring (bicyclic) bond motifs is 3. The zero-order chi connectivity index (χ0) is 15.1. The van der Waals surface area contributed by atoms with Crippen molar-refractivity contribution in [3.8, 4) is 11.5 Å². The second-order valence-electron chi connectivity index (χ2n) is 4.72. The van der Waals surface area contributed by atoms with Crippen LogP contribution in [0, 0.1) is 6.92 Å². The highest BCUT2D eigenvalue weighted by molar-refractivity contribution is 7.16. The van der Waals surface area contributed by atoms with Crippen LogP contribution in [0.3, 0.4) is 0 Å². The van der Waals surface area contributed by atoms with E-state index in [0.717, 1.165) is 21.5 Å². The van der Waals surface area contributed by atoms with Crippen LogP contribution in [-0.4, -0.2) is 23.6 Å². The summed E-state index contributed by atoms with van der Waals surface area (Å²) in [6.07, 6.45) is 0.712. The molecule has 3 aromatic rings. The highest BCUT2D eigenvalue weighted by atomic mass is 32.1. The number of benzene rings is 1. The van der Waals surface area contributed by atoms with Crippen LogP contribution in [0.2, 0.25) is 0 Å². The zero-order valence-electron chi connectivity index (χ0n) is 12.4. The summed E-state index contributed by atoms with van der Waals surface area (Å²) in [5.41, 5.74) is 2.31. The van der Waals surface area contributed by atoms with Crippen LogP contribution >= 0.6 is 11.3 Å². The number of aromatic nitrogens is 2. The molecule has 6 heteroatoms. The molecule has 0 amide bonds. The van der Waals surface area contributed by atoms with Crippen LogP contribution in [0.5, 0.6) is 11.5 Å². The van der Waals surface area contributed by atoms with E-state index in [1.165, 1.54) is 11.3 Å². The van der Waals surface area contributed by atoms with Crippen molar-refractivity contribution in [3.05, 3.63) is 32.9 Å². The first kappa shape index (κ1) is 13.9. The first-order chi connectivity index (χ1) is 10.1. The highest BCUT2D eigenvalue weighted by Gasteiger charge is 2.16. The Kier molecular flexibility index (Phi) is 3.33. The topological polar surface area (TPSA) is 52.8 Å². The van der Waals surface area contributed by atoms with Gasteiger partial charge in [0.05, 0.1) is 25.3 Å². The van der Waals surface area contributed by atoms with Crippen molar-refractivity contribution in [1.29, 1.82) is 0 Å². The van der Waals surface area contributed by atoms with Crippen LogP contribution < -0.4 is 15.0 Å². The molecule has 21 heavy (non-hydrogen) atoms. The fourth-order valence-corrected chi connectivity index (χ4v) is 3.58. The third-order valence-corrected chi connectivity index (χ3v) is 4.62. The first-order valence-corrected chi connectivity index (χ1v) is 7.49. The van der Waals surface area contributed by atoms with E-state index >= 15 is 0 Å². The second kappa shape index (κ2) is 5.04. The summed E-state index contributed by atoms with van der Waals surface area (Å²) in [4.78, 5) is 18.9. The van der Waals surface area contributed by atoms with Crippen molar-refractivity contribution < 1.29 is 9.47 Å². The number of ether oxygens (including phenoxy) is 2. The molecule has 5 nitrogen and oxygen atoms in total. The molecule has 0 saturated carbocycles. The van der Waals surface area contributed by atoms with E-state index in [1.54, 1.807) is 30.8 Å². The number of imidazole rings is 1. The monoisotopic (exact) mass is 304 g/mol. The van der Waals surface area contributed by atoms with Crippen LogP contribution in [0.1, 0.15) is 17.4 Å². The smallest absolute Gasteiger partial charge is 0.261 e. The number of hydrogen-bond acceptors (Lipinski definition) is 5. The second-order valence-corrected chi connectivity index (χ2v) is 5.90. The van der Waals surface area contributed by atoms with Crippen molar-refractivity contribution in [2.45, 2.75) is 20.3 Å². The average Bonchev–Trinajstić information content (AvgIpc) is 2.82. The molecule has 0 aliphatic heterocycles. The SMILES string of the molecule is CCc1c(C)sc2nc3cc(OC)c(OC)cc3n2c1=O. The Morgan fingerprint density at radius 3 is 2.52 bits per heavy atom. The predicted molar refractivity (Wildman–Crippen MR) is 84.1 cm³/mol. The molecule has 1 aromatic carbocycles. The summed E-state index contributed by atoms with van der Waals surface area (Å²) in [6, 6.07) is 3.60. The van der Waals surface area contributed by atoms with Gasteiger partial charge in [-0.3, -0.25) is 4.79 Å². The van der Waals surface area contributed by atoms with E-state index in [0.29, 0.717) is 22.9 Å². The summed E-state index contributed by atoms with van der Waals surface area (Å²) < 4.78 is 12.3. The molecule has 0 saturated heterocycles. The lowest BCUT2D eigenvalue weighted by Crippen LogP contribution is -2.17. The number of methoxy groups -OCH3 is 2. The largest absolute Gasteiger partial charge is 0.493 e. The maximum absolute atomic E-state index is 12.7. The van der Waals surface area contributed by atoms with Crippen LogP contribution in [0.4, 0.5) is 0 Å². The molecular weight excluding hydrogens is 288 g/mol. The van der Waals surface area contributed by atoms with Gasteiger partial charge in [0, 0.05) is 22.6 Å². The summed E-state index contributed by atoms with van der Waals surface area (Å²) in [7, 11) is 3.16. The zero-order valence-corrected chi connectivity index (χ0v) is 13.2. The van der Waals surface area contributed by atoms with Gasteiger partial charge in [-0.2, -0.15) is 0 Å². The molecule has 2 heterocycles. The van der Waals surface area contributed by atoms with Gasteiger partial charge < -0.3 is 9.47 Å². The molecular formula is C15H16N2O3S. The molecule has 2 aromatic heterocycles. The Labute approximate surface area is 125 Å². The van der Waals surface area contributed by atoms with Gasteiger partial charge in [-0.25, -0.2) is 9.38 Å². The van der Waals surface area contributed by atoms with Gasteiger partial charge in [-0.15, -0.1) is 11.3 Å². The summed E-state index contributed by atoms with van der Waals surface area (Å²) in [5.74, 6) is 1.20. The van der Waals surface area contributed by atoms with E-state index in [4.69, 9.17) is 9.47 Å². The Morgan fingerprint density at radius 2 is 1.90 bits per heavy atom. The maximum Gasteiger partial charge on any atom is 0.261 e. The summed E-state index contributed by atoms with van der Waals surface area (Å²) in [6.45, 7) is 3.95. The lowest BCUT2D eigenvalue weighted by molar-refractivity contribution is 0.355.